The summed E-state index contributed by atoms with van der Waals surface area (Å²) in [6.45, 7) is 3.98. The van der Waals surface area contributed by atoms with Gasteiger partial charge in [0.25, 0.3) is 0 Å². The van der Waals surface area contributed by atoms with E-state index in [1.807, 2.05) is 36.2 Å². The third-order valence-electron chi connectivity index (χ3n) is 5.06. The van der Waals surface area contributed by atoms with Gasteiger partial charge in [0.15, 0.2) is 11.0 Å². The fourth-order valence-electron chi connectivity index (χ4n) is 3.29. The summed E-state index contributed by atoms with van der Waals surface area (Å²) in [6.07, 6.45) is 0. The summed E-state index contributed by atoms with van der Waals surface area (Å²) in [6, 6.07) is 12.5. The molecule has 1 aromatic carbocycles. The number of hydrogen-bond donors (Lipinski definition) is 0. The molecule has 3 heterocycles. The summed E-state index contributed by atoms with van der Waals surface area (Å²) < 4.78 is 7.35. The van der Waals surface area contributed by atoms with Crippen molar-refractivity contribution in [3.63, 3.8) is 0 Å². The summed E-state index contributed by atoms with van der Waals surface area (Å²) in [5, 5.41) is 11.3. The van der Waals surface area contributed by atoms with Crippen molar-refractivity contribution in [2.24, 2.45) is 7.05 Å². The molecule has 4 rings (SSSR count). The summed E-state index contributed by atoms with van der Waals surface area (Å²) >= 11 is 3.04. The lowest BCUT2D eigenvalue weighted by molar-refractivity contribution is -0.127. The molecule has 0 atom stereocenters. The first-order valence-electron chi connectivity index (χ1n) is 9.83. The van der Waals surface area contributed by atoms with Gasteiger partial charge in [-0.3, -0.25) is 4.79 Å². The molecule has 1 aliphatic rings. The van der Waals surface area contributed by atoms with Crippen molar-refractivity contribution in [1.29, 1.82) is 0 Å². The number of amides is 1. The van der Waals surface area contributed by atoms with Gasteiger partial charge in [-0.25, -0.2) is 0 Å². The molecule has 0 N–H and O–H groups in total. The van der Waals surface area contributed by atoms with Crippen LogP contribution in [0.1, 0.15) is 5.56 Å². The average molecular weight is 444 g/mol. The van der Waals surface area contributed by atoms with E-state index in [4.69, 9.17) is 4.74 Å². The Morgan fingerprint density at radius 2 is 1.97 bits per heavy atom. The standard InChI is InChI=1S/C21H25N5O2S2/c1-24(14-16-5-7-17(8-6-16)26-9-11-28-12-10-26)19(27)15-30-21-23-22-20(25(21)2)18-4-3-13-29-18/h3-8,13H,9-12,14-15H2,1-2H3. The van der Waals surface area contributed by atoms with E-state index in [0.29, 0.717) is 12.3 Å². The minimum absolute atomic E-state index is 0.0675. The second-order valence-corrected chi connectivity index (χ2v) is 9.04. The van der Waals surface area contributed by atoms with Crippen molar-refractivity contribution in [3.8, 4) is 10.7 Å². The summed E-state index contributed by atoms with van der Waals surface area (Å²) in [7, 11) is 3.77. The average Bonchev–Trinajstić information content (AvgIpc) is 3.43. The zero-order valence-corrected chi connectivity index (χ0v) is 18.8. The van der Waals surface area contributed by atoms with Crippen LogP contribution >= 0.6 is 23.1 Å². The SMILES string of the molecule is CN(Cc1ccc(N2CCOCC2)cc1)C(=O)CSc1nnc(-c2cccs2)n1C. The zero-order chi connectivity index (χ0) is 20.9. The molecule has 0 unspecified atom stereocenters. The van der Waals surface area contributed by atoms with Crippen LogP contribution in [0.15, 0.2) is 46.9 Å². The predicted octanol–water partition coefficient (Wildman–Crippen LogP) is 3.13. The predicted molar refractivity (Wildman–Crippen MR) is 121 cm³/mol. The Bertz CT molecular complexity index is 966. The van der Waals surface area contributed by atoms with E-state index in [0.717, 1.165) is 47.7 Å². The maximum atomic E-state index is 12.6. The van der Waals surface area contributed by atoms with Crippen LogP contribution in [0.2, 0.25) is 0 Å². The Labute approximate surface area is 184 Å². The van der Waals surface area contributed by atoms with Crippen molar-refractivity contribution < 1.29 is 9.53 Å². The van der Waals surface area contributed by atoms with Gasteiger partial charge in [0.05, 0.1) is 23.8 Å². The van der Waals surface area contributed by atoms with E-state index in [9.17, 15) is 4.79 Å². The monoisotopic (exact) mass is 443 g/mol. The quantitative estimate of drug-likeness (QED) is 0.523. The van der Waals surface area contributed by atoms with E-state index in [2.05, 4.69) is 39.4 Å². The Morgan fingerprint density at radius 3 is 2.67 bits per heavy atom. The third kappa shape index (κ3) is 4.85. The first kappa shape index (κ1) is 20.9. The van der Waals surface area contributed by atoms with Gasteiger partial charge < -0.3 is 19.1 Å². The van der Waals surface area contributed by atoms with Crippen LogP contribution in [0.25, 0.3) is 10.7 Å². The molecule has 1 amide bonds. The summed E-state index contributed by atoms with van der Waals surface area (Å²) in [4.78, 5) is 17.8. The molecule has 7 nitrogen and oxygen atoms in total. The third-order valence-corrected chi connectivity index (χ3v) is 6.93. The maximum absolute atomic E-state index is 12.6. The van der Waals surface area contributed by atoms with Crippen molar-refractivity contribution >= 4 is 34.7 Å². The Balaban J connectivity index is 1.30. The molecule has 0 bridgehead atoms. The Hall–Kier alpha value is -2.36. The van der Waals surface area contributed by atoms with E-state index in [-0.39, 0.29) is 5.91 Å². The number of nitrogens with zero attached hydrogens (tertiary/aromatic N) is 5. The van der Waals surface area contributed by atoms with Gasteiger partial charge in [-0.15, -0.1) is 21.5 Å². The minimum Gasteiger partial charge on any atom is -0.378 e. The number of ether oxygens (including phenoxy) is 1. The Kier molecular flexibility index (Phi) is 6.71. The lowest BCUT2D eigenvalue weighted by Crippen LogP contribution is -2.36. The molecule has 1 fully saturated rings. The minimum atomic E-state index is 0.0675. The highest BCUT2D eigenvalue weighted by Gasteiger charge is 2.16. The number of thioether (sulfide) groups is 1. The number of thiophene rings is 1. The van der Waals surface area contributed by atoms with Crippen LogP contribution in [-0.4, -0.2) is 64.7 Å². The van der Waals surface area contributed by atoms with E-state index in [1.165, 1.54) is 17.4 Å². The summed E-state index contributed by atoms with van der Waals surface area (Å²) in [5.41, 5.74) is 2.32. The lowest BCUT2D eigenvalue weighted by Gasteiger charge is -2.29. The van der Waals surface area contributed by atoms with Crippen molar-refractivity contribution in [3.05, 3.63) is 47.3 Å². The zero-order valence-electron chi connectivity index (χ0n) is 17.2. The molecule has 0 aliphatic carbocycles. The molecule has 1 aliphatic heterocycles. The second kappa shape index (κ2) is 9.63. The van der Waals surface area contributed by atoms with Crippen LogP contribution in [0.4, 0.5) is 5.69 Å². The van der Waals surface area contributed by atoms with E-state index >= 15 is 0 Å². The number of rotatable bonds is 7. The number of benzene rings is 1. The van der Waals surface area contributed by atoms with Crippen LogP contribution in [-0.2, 0) is 23.1 Å². The first-order chi connectivity index (χ1) is 14.6. The van der Waals surface area contributed by atoms with Gasteiger partial charge in [0, 0.05) is 39.4 Å². The molecule has 9 heteroatoms. The van der Waals surface area contributed by atoms with Gasteiger partial charge in [-0.1, -0.05) is 30.0 Å². The molecular weight excluding hydrogens is 418 g/mol. The summed E-state index contributed by atoms with van der Waals surface area (Å²) in [5.74, 6) is 1.23. The highest BCUT2D eigenvalue weighted by molar-refractivity contribution is 7.99. The fraction of sp³-hybridized carbons (Fsp3) is 0.381. The highest BCUT2D eigenvalue weighted by atomic mass is 32.2. The molecular formula is C21H25N5O2S2. The number of hydrogen-bond acceptors (Lipinski definition) is 7. The molecule has 158 valence electrons. The van der Waals surface area contributed by atoms with Crippen LogP contribution < -0.4 is 4.90 Å². The second-order valence-electron chi connectivity index (χ2n) is 7.15. The molecule has 0 radical (unpaired) electrons. The maximum Gasteiger partial charge on any atom is 0.233 e. The van der Waals surface area contributed by atoms with Gasteiger partial charge in [-0.2, -0.15) is 0 Å². The molecule has 0 spiro atoms. The molecule has 2 aromatic heterocycles. The van der Waals surface area contributed by atoms with Crippen LogP contribution in [0.5, 0.6) is 0 Å². The van der Waals surface area contributed by atoms with E-state index in [1.54, 1.807) is 16.2 Å². The van der Waals surface area contributed by atoms with Crippen LogP contribution in [0, 0.1) is 0 Å². The molecule has 3 aromatic rings. The largest absolute Gasteiger partial charge is 0.378 e. The highest BCUT2D eigenvalue weighted by Crippen LogP contribution is 2.26. The van der Waals surface area contributed by atoms with Gasteiger partial charge in [0.1, 0.15) is 0 Å². The normalized spacial score (nSPS) is 14.1. The van der Waals surface area contributed by atoms with Crippen molar-refractivity contribution in [2.75, 3.05) is 44.0 Å². The first-order valence-corrected chi connectivity index (χ1v) is 11.7. The molecule has 30 heavy (non-hydrogen) atoms. The number of carbonyl (C=O) groups is 1. The van der Waals surface area contributed by atoms with E-state index < -0.39 is 0 Å². The molecule has 1 saturated heterocycles. The lowest BCUT2D eigenvalue weighted by atomic mass is 10.2. The number of morpholine rings is 1. The Morgan fingerprint density at radius 1 is 1.20 bits per heavy atom. The fourth-order valence-corrected chi connectivity index (χ4v) is 4.89. The number of carbonyl (C=O) groups excluding carboxylic acids is 1. The van der Waals surface area contributed by atoms with Crippen LogP contribution in [0.3, 0.4) is 0 Å². The van der Waals surface area contributed by atoms with Gasteiger partial charge in [-0.05, 0) is 29.1 Å². The molecule has 0 saturated carbocycles. The van der Waals surface area contributed by atoms with Crippen molar-refractivity contribution in [1.82, 2.24) is 19.7 Å². The van der Waals surface area contributed by atoms with Gasteiger partial charge in [0.2, 0.25) is 5.91 Å². The number of anilines is 1. The van der Waals surface area contributed by atoms with Gasteiger partial charge >= 0.3 is 0 Å². The number of aromatic nitrogens is 3. The topological polar surface area (TPSA) is 63.5 Å². The van der Waals surface area contributed by atoms with Crippen molar-refractivity contribution in [2.45, 2.75) is 11.7 Å². The smallest absolute Gasteiger partial charge is 0.233 e.